The minimum Gasteiger partial charge on any atom is -0.380 e. The topological polar surface area (TPSA) is 43.0 Å². The number of benzene rings is 1. The molecular formula is C14H22N2O3. The lowest BCUT2D eigenvalue weighted by Crippen LogP contribution is -2.36. The predicted molar refractivity (Wildman–Crippen MR) is 75.8 cm³/mol. The maximum Gasteiger partial charge on any atom is 0.173 e. The molecule has 0 amide bonds. The second-order valence-corrected chi connectivity index (χ2v) is 4.43. The van der Waals surface area contributed by atoms with Crippen LogP contribution in [0.5, 0.6) is 0 Å². The van der Waals surface area contributed by atoms with Gasteiger partial charge in [-0.3, -0.25) is 0 Å². The van der Waals surface area contributed by atoms with Gasteiger partial charge in [0.1, 0.15) is 0 Å². The molecule has 1 saturated heterocycles. The van der Waals surface area contributed by atoms with Gasteiger partial charge in [0.15, 0.2) is 6.29 Å². The number of methoxy groups -OCH3 is 2. The molecule has 0 unspecified atom stereocenters. The van der Waals surface area contributed by atoms with Gasteiger partial charge >= 0.3 is 0 Å². The molecular weight excluding hydrogens is 244 g/mol. The first kappa shape index (κ1) is 14.1. The summed E-state index contributed by atoms with van der Waals surface area (Å²) < 4.78 is 15.6. The zero-order valence-electron chi connectivity index (χ0n) is 11.6. The Morgan fingerprint density at radius 2 is 1.79 bits per heavy atom. The fraction of sp³-hybridized carbons (Fsp3) is 0.571. The van der Waals surface area contributed by atoms with Crippen molar-refractivity contribution in [2.45, 2.75) is 6.29 Å². The van der Waals surface area contributed by atoms with Gasteiger partial charge in [0.05, 0.1) is 19.8 Å². The van der Waals surface area contributed by atoms with Crippen LogP contribution in [-0.2, 0) is 14.2 Å². The molecule has 5 nitrogen and oxygen atoms in total. The van der Waals surface area contributed by atoms with Crippen molar-refractivity contribution in [1.82, 2.24) is 0 Å². The first-order valence-corrected chi connectivity index (χ1v) is 6.55. The first-order chi connectivity index (χ1) is 9.33. The highest BCUT2D eigenvalue weighted by atomic mass is 16.7. The Morgan fingerprint density at radius 1 is 1.16 bits per heavy atom. The van der Waals surface area contributed by atoms with Crippen molar-refractivity contribution in [2.24, 2.45) is 0 Å². The molecule has 0 aliphatic carbocycles. The summed E-state index contributed by atoms with van der Waals surface area (Å²) in [6.07, 6.45) is -0.223. The molecule has 1 fully saturated rings. The molecule has 5 heteroatoms. The molecule has 1 aliphatic rings. The zero-order valence-corrected chi connectivity index (χ0v) is 11.6. The van der Waals surface area contributed by atoms with Crippen LogP contribution in [0.1, 0.15) is 0 Å². The highest BCUT2D eigenvalue weighted by molar-refractivity contribution is 5.55. The average molecular weight is 266 g/mol. The number of hydrogen-bond acceptors (Lipinski definition) is 5. The first-order valence-electron chi connectivity index (χ1n) is 6.55. The van der Waals surface area contributed by atoms with Gasteiger partial charge < -0.3 is 24.4 Å². The summed E-state index contributed by atoms with van der Waals surface area (Å²) in [5.74, 6) is 0. The monoisotopic (exact) mass is 266 g/mol. The Bertz CT molecular complexity index is 359. The molecule has 1 aromatic carbocycles. The lowest BCUT2D eigenvalue weighted by atomic mass is 10.2. The van der Waals surface area contributed by atoms with Crippen LogP contribution < -0.4 is 10.2 Å². The largest absolute Gasteiger partial charge is 0.380 e. The Hall–Kier alpha value is -1.30. The van der Waals surface area contributed by atoms with E-state index in [9.17, 15) is 0 Å². The number of rotatable bonds is 6. The van der Waals surface area contributed by atoms with Crippen molar-refractivity contribution in [3.63, 3.8) is 0 Å². The van der Waals surface area contributed by atoms with Crippen LogP contribution in [0.3, 0.4) is 0 Å². The van der Waals surface area contributed by atoms with Crippen LogP contribution >= 0.6 is 0 Å². The van der Waals surface area contributed by atoms with E-state index in [-0.39, 0.29) is 6.29 Å². The van der Waals surface area contributed by atoms with Gasteiger partial charge in [0.2, 0.25) is 0 Å². The maximum atomic E-state index is 5.35. The van der Waals surface area contributed by atoms with E-state index in [1.807, 2.05) is 0 Å². The standard InChI is InChI=1S/C14H22N2O3/c1-17-14(18-2)11-15-12-3-5-13(6-4-12)16-7-9-19-10-8-16/h3-6,14-15H,7-11H2,1-2H3. The maximum absolute atomic E-state index is 5.35. The van der Waals surface area contributed by atoms with Crippen molar-refractivity contribution >= 4 is 11.4 Å². The van der Waals surface area contributed by atoms with E-state index in [0.29, 0.717) is 6.54 Å². The van der Waals surface area contributed by atoms with Crippen LogP contribution in [0.25, 0.3) is 0 Å². The van der Waals surface area contributed by atoms with Gasteiger partial charge in [-0.25, -0.2) is 0 Å². The summed E-state index contributed by atoms with van der Waals surface area (Å²) in [6.45, 7) is 4.17. The van der Waals surface area contributed by atoms with E-state index < -0.39 is 0 Å². The summed E-state index contributed by atoms with van der Waals surface area (Å²) >= 11 is 0. The molecule has 1 N–H and O–H groups in total. The molecule has 2 rings (SSSR count). The van der Waals surface area contributed by atoms with Crippen molar-refractivity contribution in [3.8, 4) is 0 Å². The molecule has 0 atom stereocenters. The molecule has 106 valence electrons. The van der Waals surface area contributed by atoms with Crippen LogP contribution in [-0.4, -0.2) is 53.4 Å². The smallest absolute Gasteiger partial charge is 0.173 e. The van der Waals surface area contributed by atoms with E-state index in [2.05, 4.69) is 34.5 Å². The lowest BCUT2D eigenvalue weighted by Gasteiger charge is -2.29. The summed E-state index contributed by atoms with van der Waals surface area (Å²) in [6, 6.07) is 8.41. The van der Waals surface area contributed by atoms with Crippen molar-refractivity contribution < 1.29 is 14.2 Å². The zero-order chi connectivity index (χ0) is 13.5. The van der Waals surface area contributed by atoms with Gasteiger partial charge in [-0.05, 0) is 24.3 Å². The molecule has 0 radical (unpaired) electrons. The van der Waals surface area contributed by atoms with E-state index in [1.165, 1.54) is 5.69 Å². The van der Waals surface area contributed by atoms with Crippen molar-refractivity contribution in [3.05, 3.63) is 24.3 Å². The fourth-order valence-electron chi connectivity index (χ4n) is 2.08. The quantitative estimate of drug-likeness (QED) is 0.791. The van der Waals surface area contributed by atoms with E-state index in [4.69, 9.17) is 14.2 Å². The molecule has 0 spiro atoms. The van der Waals surface area contributed by atoms with Gasteiger partial charge in [0.25, 0.3) is 0 Å². The second-order valence-electron chi connectivity index (χ2n) is 4.43. The van der Waals surface area contributed by atoms with Crippen molar-refractivity contribution in [1.29, 1.82) is 0 Å². The SMILES string of the molecule is COC(CNc1ccc(N2CCOCC2)cc1)OC. The van der Waals surface area contributed by atoms with Crippen LogP contribution in [0.2, 0.25) is 0 Å². The van der Waals surface area contributed by atoms with Crippen LogP contribution in [0.15, 0.2) is 24.3 Å². The van der Waals surface area contributed by atoms with Gasteiger partial charge in [0, 0.05) is 38.7 Å². The third-order valence-electron chi connectivity index (χ3n) is 3.24. The number of anilines is 2. The van der Waals surface area contributed by atoms with Gasteiger partial charge in [-0.1, -0.05) is 0 Å². The lowest BCUT2D eigenvalue weighted by molar-refractivity contribution is -0.0914. The van der Waals surface area contributed by atoms with E-state index in [1.54, 1.807) is 14.2 Å². The highest BCUT2D eigenvalue weighted by Gasteiger charge is 2.11. The minimum absolute atomic E-state index is 0.223. The number of hydrogen-bond donors (Lipinski definition) is 1. The van der Waals surface area contributed by atoms with Crippen LogP contribution in [0.4, 0.5) is 11.4 Å². The Balaban J connectivity index is 1.87. The normalized spacial score (nSPS) is 15.8. The van der Waals surface area contributed by atoms with Gasteiger partial charge in [-0.15, -0.1) is 0 Å². The minimum atomic E-state index is -0.223. The third-order valence-corrected chi connectivity index (χ3v) is 3.24. The Labute approximate surface area is 114 Å². The molecule has 0 saturated carbocycles. The summed E-state index contributed by atoms with van der Waals surface area (Å²) in [5, 5.41) is 3.28. The number of nitrogens with one attached hydrogen (secondary N) is 1. The van der Waals surface area contributed by atoms with Gasteiger partial charge in [-0.2, -0.15) is 0 Å². The van der Waals surface area contributed by atoms with E-state index in [0.717, 1.165) is 32.0 Å². The van der Waals surface area contributed by atoms with Crippen molar-refractivity contribution in [2.75, 3.05) is 57.3 Å². The second kappa shape index (κ2) is 7.33. The van der Waals surface area contributed by atoms with E-state index >= 15 is 0 Å². The average Bonchev–Trinajstić information content (AvgIpc) is 2.50. The summed E-state index contributed by atoms with van der Waals surface area (Å²) in [5.41, 5.74) is 2.31. The Morgan fingerprint density at radius 3 is 2.37 bits per heavy atom. The molecule has 1 aromatic rings. The number of ether oxygens (including phenoxy) is 3. The molecule has 1 aliphatic heterocycles. The molecule has 1 heterocycles. The molecule has 19 heavy (non-hydrogen) atoms. The number of nitrogens with zero attached hydrogens (tertiary/aromatic N) is 1. The highest BCUT2D eigenvalue weighted by Crippen LogP contribution is 2.19. The molecule has 0 bridgehead atoms. The predicted octanol–water partition coefficient (Wildman–Crippen LogP) is 1.55. The molecule has 0 aromatic heterocycles. The number of morpholine rings is 1. The summed E-state index contributed by atoms with van der Waals surface area (Å²) in [4.78, 5) is 2.33. The Kier molecular flexibility index (Phi) is 5.44. The summed E-state index contributed by atoms with van der Waals surface area (Å²) in [7, 11) is 3.27. The van der Waals surface area contributed by atoms with Crippen LogP contribution in [0, 0.1) is 0 Å². The fourth-order valence-corrected chi connectivity index (χ4v) is 2.08. The third kappa shape index (κ3) is 4.09.